The molecule has 0 aliphatic heterocycles. The highest BCUT2D eigenvalue weighted by molar-refractivity contribution is 6.24. The molecule has 0 heterocycles. The first-order valence-electron chi connectivity index (χ1n) is 2.76. The van der Waals surface area contributed by atoms with Gasteiger partial charge in [-0.3, -0.25) is 0 Å². The molecule has 1 atom stereocenters. The Morgan fingerprint density at radius 3 is 2.80 bits per heavy atom. The highest BCUT2D eigenvalue weighted by atomic mass is 35.5. The van der Waals surface area contributed by atoms with Crippen molar-refractivity contribution >= 4 is 11.6 Å². The minimum atomic E-state index is -1.59. The van der Waals surface area contributed by atoms with Crippen molar-refractivity contribution in [1.82, 2.24) is 0 Å². The summed E-state index contributed by atoms with van der Waals surface area (Å²) in [6, 6.07) is 0. The van der Waals surface area contributed by atoms with E-state index in [2.05, 4.69) is 0 Å². The monoisotopic (exact) mass is 163 g/mol. The highest BCUT2D eigenvalue weighted by Gasteiger charge is 2.26. The van der Waals surface area contributed by atoms with Gasteiger partial charge < -0.3 is 10.8 Å². The van der Waals surface area contributed by atoms with Crippen LogP contribution in [0.15, 0.2) is 23.7 Å². The van der Waals surface area contributed by atoms with E-state index in [-0.39, 0.29) is 12.1 Å². The molecule has 0 aromatic heterocycles. The number of alkyl halides is 1. The van der Waals surface area contributed by atoms with E-state index in [4.69, 9.17) is 22.4 Å². The zero-order valence-electron chi connectivity index (χ0n) is 5.14. The van der Waals surface area contributed by atoms with Crippen molar-refractivity contribution in [3.63, 3.8) is 0 Å². The van der Waals surface area contributed by atoms with Crippen molar-refractivity contribution in [2.24, 2.45) is 5.73 Å². The fourth-order valence-electron chi connectivity index (χ4n) is 0.687. The van der Waals surface area contributed by atoms with Crippen LogP contribution in [0, 0.1) is 0 Å². The van der Waals surface area contributed by atoms with Gasteiger partial charge in [-0.1, -0.05) is 11.6 Å². The van der Waals surface area contributed by atoms with Crippen LogP contribution in [0.5, 0.6) is 0 Å². The molecule has 0 saturated heterocycles. The summed E-state index contributed by atoms with van der Waals surface area (Å²) in [6.45, 7) is 0. The summed E-state index contributed by atoms with van der Waals surface area (Å²) in [5.74, 6) is -0.569. The molecule has 0 aromatic rings. The maximum absolute atomic E-state index is 12.5. The van der Waals surface area contributed by atoms with Crippen LogP contribution >= 0.6 is 11.6 Å². The van der Waals surface area contributed by atoms with Gasteiger partial charge in [0.25, 0.3) is 0 Å². The molecule has 0 amide bonds. The first-order chi connectivity index (χ1) is 4.51. The van der Waals surface area contributed by atoms with Gasteiger partial charge in [0.05, 0.1) is 5.70 Å². The van der Waals surface area contributed by atoms with Crippen molar-refractivity contribution in [3.8, 4) is 0 Å². The van der Waals surface area contributed by atoms with Crippen molar-refractivity contribution in [1.29, 1.82) is 0 Å². The summed E-state index contributed by atoms with van der Waals surface area (Å²) in [7, 11) is 0. The fourth-order valence-corrected chi connectivity index (χ4v) is 0.867. The van der Waals surface area contributed by atoms with Crippen LogP contribution in [-0.2, 0) is 0 Å². The molecule has 1 unspecified atom stereocenters. The van der Waals surface area contributed by atoms with Crippen molar-refractivity contribution < 1.29 is 9.50 Å². The summed E-state index contributed by atoms with van der Waals surface area (Å²) in [5, 5.41) is 7.42. The predicted octanol–water partition coefficient (Wildman–Crippen LogP) is 1.01. The Kier molecular flexibility index (Phi) is 1.70. The molecule has 0 aromatic carbocycles. The molecule has 10 heavy (non-hydrogen) atoms. The second kappa shape index (κ2) is 2.25. The molecule has 4 heteroatoms. The van der Waals surface area contributed by atoms with Crippen LogP contribution in [0.2, 0.25) is 0 Å². The van der Waals surface area contributed by atoms with E-state index in [1.54, 1.807) is 0 Å². The van der Waals surface area contributed by atoms with E-state index in [0.717, 1.165) is 0 Å². The van der Waals surface area contributed by atoms with E-state index in [0.29, 0.717) is 0 Å². The third kappa shape index (κ3) is 1.49. The molecule has 1 aliphatic carbocycles. The van der Waals surface area contributed by atoms with E-state index in [9.17, 15) is 4.39 Å². The van der Waals surface area contributed by atoms with Crippen LogP contribution in [0.3, 0.4) is 0 Å². The minimum Gasteiger partial charge on any atom is -0.397 e. The van der Waals surface area contributed by atoms with Gasteiger partial charge >= 0.3 is 0 Å². The largest absolute Gasteiger partial charge is 0.397 e. The molecule has 1 aliphatic rings. The van der Waals surface area contributed by atoms with Crippen LogP contribution in [0.1, 0.15) is 6.42 Å². The molecule has 0 saturated carbocycles. The molecule has 2 nitrogen and oxygen atoms in total. The van der Waals surface area contributed by atoms with E-state index in [1.165, 1.54) is 12.2 Å². The molecule has 0 bridgehead atoms. The van der Waals surface area contributed by atoms with Gasteiger partial charge in [-0.15, -0.1) is 0 Å². The zero-order chi connectivity index (χ0) is 7.78. The topological polar surface area (TPSA) is 46.2 Å². The van der Waals surface area contributed by atoms with Crippen LogP contribution in [0.4, 0.5) is 4.39 Å². The molecule has 3 N–H and O–H groups in total. The number of aliphatic hydroxyl groups is 1. The second-order valence-electron chi connectivity index (χ2n) is 2.19. The van der Waals surface area contributed by atoms with Crippen LogP contribution < -0.4 is 5.73 Å². The first-order valence-corrected chi connectivity index (χ1v) is 3.14. The summed E-state index contributed by atoms with van der Waals surface area (Å²) < 4.78 is 12.5. The first kappa shape index (κ1) is 7.57. The number of allylic oxidation sites excluding steroid dienone is 1. The van der Waals surface area contributed by atoms with Crippen LogP contribution in [0.25, 0.3) is 0 Å². The zero-order valence-corrected chi connectivity index (χ0v) is 5.90. The second-order valence-corrected chi connectivity index (χ2v) is 2.84. The third-order valence-corrected chi connectivity index (χ3v) is 1.49. The van der Waals surface area contributed by atoms with Crippen molar-refractivity contribution in [2.75, 3.05) is 0 Å². The van der Waals surface area contributed by atoms with E-state index >= 15 is 0 Å². The maximum atomic E-state index is 12.5. The molecular formula is C6H7ClFNO. The van der Waals surface area contributed by atoms with Crippen molar-refractivity contribution in [2.45, 2.75) is 11.5 Å². The van der Waals surface area contributed by atoms with Gasteiger partial charge in [0.2, 0.25) is 0 Å². The maximum Gasteiger partial charge on any atom is 0.164 e. The van der Waals surface area contributed by atoms with Gasteiger partial charge in [0.15, 0.2) is 5.06 Å². The Hall–Kier alpha value is -0.540. The Bertz CT molecular complexity index is 210. The summed E-state index contributed by atoms with van der Waals surface area (Å²) in [4.78, 5) is 0. The third-order valence-electron chi connectivity index (χ3n) is 1.23. The smallest absolute Gasteiger partial charge is 0.164 e. The average Bonchev–Trinajstić information content (AvgIpc) is 1.79. The molecule has 0 radical (unpaired) electrons. The lowest BCUT2D eigenvalue weighted by atomic mass is 10.1. The Balaban J connectivity index is 2.85. The molecule has 56 valence electrons. The Labute approximate surface area is 62.8 Å². The van der Waals surface area contributed by atoms with Crippen LogP contribution in [-0.4, -0.2) is 10.2 Å². The van der Waals surface area contributed by atoms with Crippen molar-refractivity contribution in [3.05, 3.63) is 23.7 Å². The number of hydrogen-bond acceptors (Lipinski definition) is 2. The fraction of sp³-hybridized carbons (Fsp3) is 0.333. The predicted molar refractivity (Wildman–Crippen MR) is 36.9 cm³/mol. The molecule has 0 fully saturated rings. The summed E-state index contributed by atoms with van der Waals surface area (Å²) in [6.07, 6.45) is 2.26. The van der Waals surface area contributed by atoms with Gasteiger partial charge in [-0.2, -0.15) is 0 Å². The lowest BCUT2D eigenvalue weighted by Gasteiger charge is -2.18. The minimum absolute atomic E-state index is 0.0327. The van der Waals surface area contributed by atoms with Gasteiger partial charge in [-0.25, -0.2) is 4.39 Å². The number of rotatable bonds is 0. The lowest BCUT2D eigenvalue weighted by molar-refractivity contribution is 0.169. The lowest BCUT2D eigenvalue weighted by Crippen LogP contribution is -2.21. The highest BCUT2D eigenvalue weighted by Crippen LogP contribution is 2.28. The number of nitrogens with two attached hydrogens (primary N) is 1. The average molecular weight is 164 g/mol. The van der Waals surface area contributed by atoms with Gasteiger partial charge in [-0.05, 0) is 12.2 Å². The normalized spacial score (nSPS) is 33.1. The summed E-state index contributed by atoms with van der Waals surface area (Å²) >= 11 is 5.37. The van der Waals surface area contributed by atoms with E-state index in [1.807, 2.05) is 0 Å². The Morgan fingerprint density at radius 2 is 2.40 bits per heavy atom. The molecule has 0 spiro atoms. The van der Waals surface area contributed by atoms with Gasteiger partial charge in [0, 0.05) is 6.42 Å². The molecule has 1 rings (SSSR count). The SMILES string of the molecule is NC1=C(F)CC(O)(Cl)C=C1. The Morgan fingerprint density at radius 1 is 1.80 bits per heavy atom. The van der Waals surface area contributed by atoms with E-state index < -0.39 is 10.9 Å². The number of hydrogen-bond donors (Lipinski definition) is 2. The number of halogens is 2. The van der Waals surface area contributed by atoms with Gasteiger partial charge in [0.1, 0.15) is 5.83 Å². The summed E-state index contributed by atoms with van der Waals surface area (Å²) in [5.41, 5.74) is 5.18. The standard InChI is InChI=1S/C6H7ClFNO/c7-6(10)2-1-5(9)4(8)3-6/h1-2,10H,3,9H2. The quantitative estimate of drug-likeness (QED) is 0.524. The molecular weight excluding hydrogens is 157 g/mol.